The molecule has 1 aromatic carbocycles. The third kappa shape index (κ3) is 1.48. The molecule has 14 heavy (non-hydrogen) atoms. The van der Waals surface area contributed by atoms with Gasteiger partial charge in [-0.15, -0.1) is 9.36 Å². The van der Waals surface area contributed by atoms with Crippen LogP contribution in [0.1, 0.15) is 5.56 Å². The van der Waals surface area contributed by atoms with Crippen molar-refractivity contribution in [2.75, 3.05) is 0 Å². The van der Waals surface area contributed by atoms with Gasteiger partial charge in [0, 0.05) is 0 Å². The lowest BCUT2D eigenvalue weighted by Gasteiger charge is -1.92. The predicted octanol–water partition coefficient (Wildman–Crippen LogP) is 0.568. The fraction of sp³-hybridized carbons (Fsp3) is 0.100. The summed E-state index contributed by atoms with van der Waals surface area (Å²) in [6.45, 7) is 0. The van der Waals surface area contributed by atoms with Crippen molar-refractivity contribution in [2.24, 2.45) is 7.05 Å². The van der Waals surface area contributed by atoms with E-state index < -0.39 is 0 Å². The lowest BCUT2D eigenvalue weighted by molar-refractivity contribution is -0.731. The molecule has 0 N–H and O–H groups in total. The Morgan fingerprint density at radius 1 is 1.36 bits per heavy atom. The maximum atomic E-state index is 8.63. The molecule has 0 bridgehead atoms. The normalized spacial score (nSPS) is 9.71. The Bertz CT molecular complexity index is 476. The molecule has 0 radical (unpaired) electrons. The average molecular weight is 185 g/mol. The quantitative estimate of drug-likeness (QED) is 0.610. The fourth-order valence-corrected chi connectivity index (χ4v) is 1.20. The Hall–Kier alpha value is -2.15. The van der Waals surface area contributed by atoms with Crippen molar-refractivity contribution in [3.05, 3.63) is 42.2 Å². The molecule has 0 saturated carbocycles. The third-order valence-electron chi connectivity index (χ3n) is 1.92. The Labute approximate surface area is 81.6 Å². The SMILES string of the molecule is C[n+]1ccn(-c2ccc(C#N)cc2)n1. The zero-order valence-electron chi connectivity index (χ0n) is 7.75. The standard InChI is InChI=1S/C10H9N4/c1-13-6-7-14(12-13)10-4-2-9(8-11)3-5-10/h2-7H,1H3/q+1. The molecule has 1 heterocycles. The molecular formula is C10H9N4+. The van der Waals surface area contributed by atoms with Crippen molar-refractivity contribution in [1.29, 1.82) is 5.26 Å². The second-order valence-electron chi connectivity index (χ2n) is 2.96. The molecular weight excluding hydrogens is 176 g/mol. The van der Waals surface area contributed by atoms with Crippen LogP contribution >= 0.6 is 0 Å². The zero-order valence-corrected chi connectivity index (χ0v) is 7.75. The Balaban J connectivity index is 2.39. The van der Waals surface area contributed by atoms with Crippen LogP contribution in [0.2, 0.25) is 0 Å². The lowest BCUT2D eigenvalue weighted by Crippen LogP contribution is -2.30. The van der Waals surface area contributed by atoms with Gasteiger partial charge >= 0.3 is 0 Å². The molecule has 0 unspecified atom stereocenters. The molecule has 0 saturated heterocycles. The first kappa shape index (κ1) is 8.45. The van der Waals surface area contributed by atoms with Gasteiger partial charge in [0.25, 0.3) is 0 Å². The highest BCUT2D eigenvalue weighted by molar-refractivity contribution is 5.38. The first-order chi connectivity index (χ1) is 6.79. The minimum absolute atomic E-state index is 0.658. The summed E-state index contributed by atoms with van der Waals surface area (Å²) < 4.78 is 3.47. The molecule has 0 aliphatic rings. The number of hydrogen-bond acceptors (Lipinski definition) is 2. The Morgan fingerprint density at radius 3 is 2.57 bits per heavy atom. The fourth-order valence-electron chi connectivity index (χ4n) is 1.20. The highest BCUT2D eigenvalue weighted by Gasteiger charge is 2.04. The molecule has 2 aromatic rings. The maximum Gasteiger partial charge on any atom is 0.161 e. The summed E-state index contributed by atoms with van der Waals surface area (Å²) in [5.41, 5.74) is 1.61. The van der Waals surface area contributed by atoms with Crippen LogP contribution in [0.4, 0.5) is 0 Å². The summed E-state index contributed by atoms with van der Waals surface area (Å²) in [4.78, 5) is 0. The number of rotatable bonds is 1. The van der Waals surface area contributed by atoms with Gasteiger partial charge in [0.1, 0.15) is 7.05 Å². The maximum absolute atomic E-state index is 8.63. The van der Waals surface area contributed by atoms with Crippen molar-refractivity contribution in [3.8, 4) is 11.8 Å². The van der Waals surface area contributed by atoms with Crippen LogP contribution in [0, 0.1) is 11.3 Å². The van der Waals surface area contributed by atoms with Crippen molar-refractivity contribution < 1.29 is 4.68 Å². The topological polar surface area (TPSA) is 45.5 Å². The van der Waals surface area contributed by atoms with Gasteiger partial charge in [-0.3, -0.25) is 0 Å². The van der Waals surface area contributed by atoms with Gasteiger partial charge in [0.05, 0.1) is 16.8 Å². The van der Waals surface area contributed by atoms with E-state index in [1.54, 1.807) is 21.5 Å². The molecule has 0 amide bonds. The monoisotopic (exact) mass is 185 g/mol. The highest BCUT2D eigenvalue weighted by Crippen LogP contribution is 2.06. The number of nitriles is 1. The van der Waals surface area contributed by atoms with Crippen LogP contribution in [0.25, 0.3) is 5.69 Å². The highest BCUT2D eigenvalue weighted by atomic mass is 15.5. The van der Waals surface area contributed by atoms with Crippen molar-refractivity contribution in [2.45, 2.75) is 0 Å². The van der Waals surface area contributed by atoms with E-state index in [2.05, 4.69) is 11.3 Å². The minimum Gasteiger partial charge on any atom is -0.192 e. The first-order valence-corrected chi connectivity index (χ1v) is 4.22. The van der Waals surface area contributed by atoms with E-state index in [9.17, 15) is 0 Å². The second kappa shape index (κ2) is 3.30. The van der Waals surface area contributed by atoms with Crippen LogP contribution in [0.15, 0.2) is 36.7 Å². The second-order valence-corrected chi connectivity index (χ2v) is 2.96. The summed E-state index contributed by atoms with van der Waals surface area (Å²) in [5.74, 6) is 0. The predicted molar refractivity (Wildman–Crippen MR) is 49.5 cm³/mol. The minimum atomic E-state index is 0.658. The molecule has 4 heteroatoms. The lowest BCUT2D eigenvalue weighted by atomic mass is 10.2. The van der Waals surface area contributed by atoms with E-state index in [0.29, 0.717) is 5.56 Å². The molecule has 0 atom stereocenters. The molecule has 0 aliphatic carbocycles. The molecule has 0 spiro atoms. The Morgan fingerprint density at radius 2 is 2.07 bits per heavy atom. The van der Waals surface area contributed by atoms with E-state index in [1.165, 1.54) is 0 Å². The van der Waals surface area contributed by atoms with Gasteiger partial charge in [-0.2, -0.15) is 5.26 Å². The largest absolute Gasteiger partial charge is 0.192 e. The van der Waals surface area contributed by atoms with Gasteiger partial charge in [-0.25, -0.2) is 0 Å². The molecule has 1 aromatic heterocycles. The third-order valence-corrected chi connectivity index (χ3v) is 1.92. The van der Waals surface area contributed by atoms with E-state index in [1.807, 2.05) is 31.6 Å². The smallest absolute Gasteiger partial charge is 0.161 e. The summed E-state index contributed by atoms with van der Waals surface area (Å²) in [6.07, 6.45) is 3.72. The first-order valence-electron chi connectivity index (χ1n) is 4.22. The summed E-state index contributed by atoms with van der Waals surface area (Å²) in [6, 6.07) is 9.36. The molecule has 68 valence electrons. The number of aromatic nitrogens is 3. The van der Waals surface area contributed by atoms with Crippen molar-refractivity contribution in [3.63, 3.8) is 0 Å². The zero-order chi connectivity index (χ0) is 9.97. The van der Waals surface area contributed by atoms with Crippen LogP contribution < -0.4 is 4.68 Å². The Kier molecular flexibility index (Phi) is 1.99. The van der Waals surface area contributed by atoms with Crippen LogP contribution in [-0.4, -0.2) is 9.90 Å². The average Bonchev–Trinajstić information content (AvgIpc) is 2.65. The van der Waals surface area contributed by atoms with E-state index in [0.717, 1.165) is 5.69 Å². The summed E-state index contributed by atoms with van der Waals surface area (Å²) in [7, 11) is 1.86. The van der Waals surface area contributed by atoms with Crippen LogP contribution in [0.3, 0.4) is 0 Å². The van der Waals surface area contributed by atoms with Crippen molar-refractivity contribution in [1.82, 2.24) is 9.90 Å². The summed E-state index contributed by atoms with van der Waals surface area (Å²) in [5, 5.41) is 12.8. The van der Waals surface area contributed by atoms with Crippen LogP contribution in [-0.2, 0) is 7.05 Å². The van der Waals surface area contributed by atoms with Gasteiger partial charge in [-0.1, -0.05) is 0 Å². The number of nitrogens with zero attached hydrogens (tertiary/aromatic N) is 4. The van der Waals surface area contributed by atoms with E-state index >= 15 is 0 Å². The summed E-state index contributed by atoms with van der Waals surface area (Å²) >= 11 is 0. The van der Waals surface area contributed by atoms with Crippen molar-refractivity contribution >= 4 is 0 Å². The molecule has 2 rings (SSSR count). The van der Waals surface area contributed by atoms with Crippen LogP contribution in [0.5, 0.6) is 0 Å². The molecule has 0 aliphatic heterocycles. The van der Waals surface area contributed by atoms with Gasteiger partial charge in [0.2, 0.25) is 0 Å². The number of hydrogen-bond donors (Lipinski definition) is 0. The molecule has 0 fully saturated rings. The molecule has 4 nitrogen and oxygen atoms in total. The number of benzene rings is 1. The van der Waals surface area contributed by atoms with Gasteiger partial charge in [-0.05, 0) is 24.3 Å². The van der Waals surface area contributed by atoms with E-state index in [4.69, 9.17) is 5.26 Å². The van der Waals surface area contributed by atoms with Gasteiger partial charge in [0.15, 0.2) is 18.1 Å². The van der Waals surface area contributed by atoms with Gasteiger partial charge < -0.3 is 0 Å². The number of aryl methyl sites for hydroxylation is 1. The van der Waals surface area contributed by atoms with E-state index in [-0.39, 0.29) is 0 Å².